The van der Waals surface area contributed by atoms with Crippen molar-refractivity contribution in [3.63, 3.8) is 0 Å². The van der Waals surface area contributed by atoms with Crippen molar-refractivity contribution in [2.24, 2.45) is 0 Å². The topological polar surface area (TPSA) is 72.8 Å². The molecule has 0 amide bonds. The predicted octanol–water partition coefficient (Wildman–Crippen LogP) is 2.61. The number of hydrogen-bond donors (Lipinski definition) is 1. The quantitative estimate of drug-likeness (QED) is 0.938. The lowest BCUT2D eigenvalue weighted by molar-refractivity contribution is 0.367. The molecular weight excluding hydrogens is 304 g/mol. The minimum absolute atomic E-state index is 0.0525. The van der Waals surface area contributed by atoms with Gasteiger partial charge in [-0.3, -0.25) is 0 Å². The summed E-state index contributed by atoms with van der Waals surface area (Å²) in [5.41, 5.74) is 0.996. The van der Waals surface area contributed by atoms with Crippen LogP contribution in [0.25, 0.3) is 5.57 Å². The Bertz CT molecular complexity index is 835. The molecular formula is C16H14O5S. The van der Waals surface area contributed by atoms with Crippen molar-refractivity contribution in [1.29, 1.82) is 0 Å². The summed E-state index contributed by atoms with van der Waals surface area (Å²) in [6.45, 7) is 0.0992. The van der Waals surface area contributed by atoms with E-state index in [1.165, 1.54) is 6.07 Å². The summed E-state index contributed by atoms with van der Waals surface area (Å²) in [7, 11) is -2.04. The van der Waals surface area contributed by atoms with E-state index >= 15 is 0 Å². The summed E-state index contributed by atoms with van der Waals surface area (Å²) in [6, 6.07) is 11.6. The van der Waals surface area contributed by atoms with Crippen molar-refractivity contribution >= 4 is 15.4 Å². The smallest absolute Gasteiger partial charge is 0.204 e. The van der Waals surface area contributed by atoms with Crippen LogP contribution < -0.4 is 9.47 Å². The molecule has 5 nitrogen and oxygen atoms in total. The molecule has 0 aliphatic carbocycles. The fourth-order valence-corrected chi connectivity index (χ4v) is 3.88. The number of sulfone groups is 1. The first-order valence-corrected chi connectivity index (χ1v) is 8.11. The zero-order valence-corrected chi connectivity index (χ0v) is 12.6. The van der Waals surface area contributed by atoms with E-state index in [1.54, 1.807) is 43.5 Å². The number of benzene rings is 2. The highest BCUT2D eigenvalue weighted by Gasteiger charge is 2.30. The first-order chi connectivity index (χ1) is 10.5. The van der Waals surface area contributed by atoms with Crippen molar-refractivity contribution in [1.82, 2.24) is 0 Å². The second-order valence-electron chi connectivity index (χ2n) is 4.81. The summed E-state index contributed by atoms with van der Waals surface area (Å²) in [4.78, 5) is -0.0525. The fourth-order valence-electron chi connectivity index (χ4n) is 2.33. The molecule has 2 aromatic carbocycles. The van der Waals surface area contributed by atoms with E-state index in [0.717, 1.165) is 5.41 Å². The highest BCUT2D eigenvalue weighted by Crippen LogP contribution is 2.39. The number of rotatable bonds is 4. The van der Waals surface area contributed by atoms with E-state index in [-0.39, 0.29) is 17.3 Å². The lowest BCUT2D eigenvalue weighted by atomic mass is 10.1. The molecule has 1 heterocycles. The van der Waals surface area contributed by atoms with Crippen molar-refractivity contribution in [3.05, 3.63) is 53.4 Å². The van der Waals surface area contributed by atoms with Crippen LogP contribution in [0, 0.1) is 0 Å². The second-order valence-corrected chi connectivity index (χ2v) is 6.54. The number of fused-ring (bicyclic) bond motifs is 1. The van der Waals surface area contributed by atoms with Gasteiger partial charge in [-0.15, -0.1) is 0 Å². The van der Waals surface area contributed by atoms with Crippen LogP contribution in [-0.4, -0.2) is 27.2 Å². The Morgan fingerprint density at radius 1 is 1.05 bits per heavy atom. The molecule has 0 atom stereocenters. The molecule has 0 aromatic heterocycles. The van der Waals surface area contributed by atoms with E-state index in [2.05, 4.69) is 0 Å². The maximum Gasteiger partial charge on any atom is 0.204 e. The van der Waals surface area contributed by atoms with Gasteiger partial charge in [0.05, 0.1) is 7.11 Å². The van der Waals surface area contributed by atoms with Gasteiger partial charge in [-0.1, -0.05) is 12.1 Å². The van der Waals surface area contributed by atoms with Crippen molar-refractivity contribution in [3.8, 4) is 17.2 Å². The van der Waals surface area contributed by atoms with E-state index < -0.39 is 9.84 Å². The Hall–Kier alpha value is -2.47. The van der Waals surface area contributed by atoms with Crippen LogP contribution in [0.15, 0.2) is 52.8 Å². The van der Waals surface area contributed by atoms with Crippen LogP contribution in [0.5, 0.6) is 17.2 Å². The Kier molecular flexibility index (Phi) is 3.54. The summed E-state index contributed by atoms with van der Waals surface area (Å²) in [6.07, 6.45) is 0. The second kappa shape index (κ2) is 5.38. The van der Waals surface area contributed by atoms with E-state index in [0.29, 0.717) is 22.6 Å². The molecule has 6 heteroatoms. The zero-order chi connectivity index (χ0) is 15.7. The van der Waals surface area contributed by atoms with Gasteiger partial charge >= 0.3 is 0 Å². The van der Waals surface area contributed by atoms with Crippen LogP contribution >= 0.6 is 0 Å². The molecule has 1 aliphatic heterocycles. The van der Waals surface area contributed by atoms with Crippen LogP contribution in [-0.2, 0) is 9.84 Å². The normalized spacial score (nSPS) is 15.0. The fraction of sp³-hybridized carbons (Fsp3) is 0.125. The molecule has 0 fully saturated rings. The third kappa shape index (κ3) is 2.53. The van der Waals surface area contributed by atoms with E-state index in [4.69, 9.17) is 9.47 Å². The van der Waals surface area contributed by atoms with E-state index in [1.807, 2.05) is 0 Å². The summed E-state index contributed by atoms with van der Waals surface area (Å²) >= 11 is 0. The van der Waals surface area contributed by atoms with Crippen LogP contribution in [0.2, 0.25) is 0 Å². The molecule has 0 saturated heterocycles. The zero-order valence-electron chi connectivity index (χ0n) is 11.8. The van der Waals surface area contributed by atoms with Gasteiger partial charge in [0.1, 0.15) is 28.8 Å². The van der Waals surface area contributed by atoms with Crippen molar-refractivity contribution in [2.45, 2.75) is 4.90 Å². The monoisotopic (exact) mass is 318 g/mol. The van der Waals surface area contributed by atoms with Gasteiger partial charge < -0.3 is 14.6 Å². The average Bonchev–Trinajstić information content (AvgIpc) is 2.78. The molecule has 0 saturated carbocycles. The van der Waals surface area contributed by atoms with Gasteiger partial charge in [-0.25, -0.2) is 8.42 Å². The van der Waals surface area contributed by atoms with Gasteiger partial charge in [0.2, 0.25) is 9.84 Å². The van der Waals surface area contributed by atoms with Crippen LogP contribution in [0.4, 0.5) is 0 Å². The number of hydrogen-bond acceptors (Lipinski definition) is 5. The molecule has 0 bridgehead atoms. The standard InChI is InChI=1S/C16H14O5S/c1-20-12-5-7-13(8-6-12)21-9-11-10-22(18,19)16-14(11)3-2-4-15(16)17/h2-8,10,17H,9H2,1H3. The Balaban J connectivity index is 1.84. The highest BCUT2D eigenvalue weighted by atomic mass is 32.2. The van der Waals surface area contributed by atoms with Crippen molar-refractivity contribution < 1.29 is 23.0 Å². The Morgan fingerprint density at radius 2 is 1.73 bits per heavy atom. The Morgan fingerprint density at radius 3 is 2.41 bits per heavy atom. The molecule has 0 spiro atoms. The molecule has 1 N–H and O–H groups in total. The highest BCUT2D eigenvalue weighted by molar-refractivity contribution is 7.95. The van der Waals surface area contributed by atoms with Crippen LogP contribution in [0.1, 0.15) is 5.56 Å². The van der Waals surface area contributed by atoms with Gasteiger partial charge in [-0.05, 0) is 30.3 Å². The summed E-state index contributed by atoms with van der Waals surface area (Å²) < 4.78 is 34.8. The predicted molar refractivity (Wildman–Crippen MR) is 81.8 cm³/mol. The third-order valence-electron chi connectivity index (χ3n) is 3.38. The minimum atomic E-state index is -3.61. The van der Waals surface area contributed by atoms with Gasteiger partial charge in [0, 0.05) is 16.5 Å². The Labute approximate surface area is 128 Å². The SMILES string of the molecule is COc1ccc(OCC2=CS(=O)(=O)c3c(O)cccc32)cc1. The molecule has 1 aliphatic rings. The molecule has 3 rings (SSSR count). The van der Waals surface area contributed by atoms with Gasteiger partial charge in [-0.2, -0.15) is 0 Å². The third-order valence-corrected chi connectivity index (χ3v) is 4.97. The number of phenolic OH excluding ortho intramolecular Hbond substituents is 1. The van der Waals surface area contributed by atoms with Gasteiger partial charge in [0.15, 0.2) is 0 Å². The van der Waals surface area contributed by atoms with E-state index in [9.17, 15) is 13.5 Å². The molecule has 114 valence electrons. The lowest BCUT2D eigenvalue weighted by Crippen LogP contribution is -1.99. The molecule has 2 aromatic rings. The van der Waals surface area contributed by atoms with Crippen LogP contribution in [0.3, 0.4) is 0 Å². The lowest BCUT2D eigenvalue weighted by Gasteiger charge is -2.09. The number of phenols is 1. The summed E-state index contributed by atoms with van der Waals surface area (Å²) in [5.74, 6) is 1.08. The summed E-state index contributed by atoms with van der Waals surface area (Å²) in [5, 5.41) is 10.9. The first-order valence-electron chi connectivity index (χ1n) is 6.56. The average molecular weight is 318 g/mol. The van der Waals surface area contributed by atoms with Crippen molar-refractivity contribution in [2.75, 3.05) is 13.7 Å². The number of methoxy groups -OCH3 is 1. The number of aromatic hydroxyl groups is 1. The maximum atomic E-state index is 12.1. The molecule has 22 heavy (non-hydrogen) atoms. The van der Waals surface area contributed by atoms with Gasteiger partial charge in [0.25, 0.3) is 0 Å². The number of ether oxygens (including phenoxy) is 2. The first kappa shape index (κ1) is 14.5. The maximum absolute atomic E-state index is 12.1. The minimum Gasteiger partial charge on any atom is -0.507 e. The molecule has 0 unspecified atom stereocenters. The largest absolute Gasteiger partial charge is 0.507 e. The molecule has 0 radical (unpaired) electrons.